The zero-order chi connectivity index (χ0) is 64.7. The predicted molar refractivity (Wildman–Crippen MR) is 340 cm³/mol. The van der Waals surface area contributed by atoms with Crippen LogP contribution in [0.2, 0.25) is 0 Å². The second-order valence-corrected chi connectivity index (χ2v) is 22.9. The van der Waals surface area contributed by atoms with Crippen LogP contribution >= 0.6 is 0 Å². The molecule has 0 amide bonds. The first-order chi connectivity index (χ1) is 38.6. The van der Waals surface area contributed by atoms with E-state index in [2.05, 4.69) is 61.0 Å². The molecule has 3 aromatic carbocycles. The number of ketones is 7. The molecular formula is C66H111N7O10. The van der Waals surface area contributed by atoms with E-state index >= 15 is 0 Å². The highest BCUT2D eigenvalue weighted by molar-refractivity contribution is 5.88. The van der Waals surface area contributed by atoms with Gasteiger partial charge in [-0.3, -0.25) is 48.3 Å². The van der Waals surface area contributed by atoms with Gasteiger partial charge in [0, 0.05) is 0 Å². The van der Waals surface area contributed by atoms with E-state index in [1.165, 1.54) is 56.2 Å². The lowest BCUT2D eigenvalue weighted by molar-refractivity contribution is -0.125. The van der Waals surface area contributed by atoms with Crippen molar-refractivity contribution in [2.24, 2.45) is 11.8 Å². The molecule has 470 valence electrons. The van der Waals surface area contributed by atoms with Crippen LogP contribution in [0, 0.1) is 18.8 Å². The Labute approximate surface area is 501 Å². The Bertz CT molecular complexity index is 2290. The summed E-state index contributed by atoms with van der Waals surface area (Å²) < 4.78 is 0. The molecule has 1 saturated carbocycles. The van der Waals surface area contributed by atoms with Crippen molar-refractivity contribution in [3.05, 3.63) is 107 Å². The average Bonchev–Trinajstić information content (AvgIpc) is 3.93. The molecule has 7 atom stereocenters. The van der Waals surface area contributed by atoms with Gasteiger partial charge in [0.15, 0.2) is 0 Å². The van der Waals surface area contributed by atoms with Crippen LogP contribution < -0.4 is 16.0 Å². The van der Waals surface area contributed by atoms with Crippen LogP contribution in [-0.2, 0) is 52.8 Å². The lowest BCUT2D eigenvalue weighted by Gasteiger charge is -2.23. The van der Waals surface area contributed by atoms with Crippen molar-refractivity contribution >= 4 is 46.5 Å². The van der Waals surface area contributed by atoms with Gasteiger partial charge in [-0.1, -0.05) is 93.4 Å². The Morgan fingerprint density at radius 1 is 0.530 bits per heavy atom. The molecule has 17 nitrogen and oxygen atoms in total. The molecule has 1 aliphatic rings. The van der Waals surface area contributed by atoms with Crippen molar-refractivity contribution in [2.75, 3.05) is 84.1 Å². The summed E-state index contributed by atoms with van der Waals surface area (Å²) in [7, 11) is 20.5. The Hall–Kier alpha value is -5.50. The molecule has 0 saturated heterocycles. The number of hydrogen-bond donors (Lipinski definition) is 5. The average molecular weight is 1160 g/mol. The Morgan fingerprint density at radius 2 is 0.976 bits per heavy atom. The number of carbonyl (C=O) groups excluding carboxylic acids is 7. The predicted octanol–water partition coefficient (Wildman–Crippen LogP) is 7.50. The molecule has 0 aliphatic heterocycles. The van der Waals surface area contributed by atoms with E-state index in [0.717, 1.165) is 24.8 Å². The summed E-state index contributed by atoms with van der Waals surface area (Å²) >= 11 is 0. The minimum absolute atomic E-state index is 0.000000000000000666. The van der Waals surface area contributed by atoms with Crippen molar-refractivity contribution in [3.8, 4) is 0 Å². The van der Waals surface area contributed by atoms with Gasteiger partial charge in [0.1, 0.15) is 40.5 Å². The number of Topliss-reactive ketones (excluding diaryl/α,β-unsaturated/α-hetero) is 7. The number of carboxylic acids is 1. The fourth-order valence-electron chi connectivity index (χ4n) is 9.33. The third kappa shape index (κ3) is 38.9. The summed E-state index contributed by atoms with van der Waals surface area (Å²) in [6.45, 7) is 19.7. The monoisotopic (exact) mass is 1160 g/mol. The number of aromatic carboxylic acids is 1. The standard InChI is InChI=1S/C12H15NO3.2C12H17NO.C9H17NO.C9H19NO.C7H15NO2.C5H11NO/c1-8(14)11(13-2)7-9-3-5-10(6-4-9)12(15)16;1-9-6-4-5-7-11(9)8-12(13-3)10(2)14;1-10(14)12(13(2)3)9-11-7-5-4-6-8-11;1-7(11)9(10-2)8-5-3-4-6-8;1-7(2)6-9(8(3)11)10(4)5;1-5(9)7(6(2)10)8(3)4;1-5(7)4-6(2)3/h3-6,11,13H,7H2,1-2H3,(H,15,16);4-7,12-13H,8H2,1-3H3;4-8,12H,9H2,1-3H3;8-10H,3-6H2,1-2H3;7,9H,6H2,1-5H3;5,7,9H,1-4H3;4H2,1-3H3/t11-;2*12-;2*9-;5-,7+;/m000101./s1. The van der Waals surface area contributed by atoms with Crippen molar-refractivity contribution in [1.29, 1.82) is 0 Å². The van der Waals surface area contributed by atoms with Crippen LogP contribution in [0.15, 0.2) is 78.9 Å². The molecule has 0 radical (unpaired) electrons. The molecule has 5 N–H and O–H groups in total. The number of likely N-dealkylation sites (N-methyl/N-ethyl adjacent to an activating group) is 7. The van der Waals surface area contributed by atoms with E-state index in [1.54, 1.807) is 91.9 Å². The van der Waals surface area contributed by atoms with Gasteiger partial charge in [-0.2, -0.15) is 0 Å². The molecule has 4 rings (SSSR count). The molecule has 0 spiro atoms. The van der Waals surface area contributed by atoms with Gasteiger partial charge >= 0.3 is 5.97 Å². The first kappa shape index (κ1) is 81.7. The lowest BCUT2D eigenvalue weighted by atomic mass is 9.95. The van der Waals surface area contributed by atoms with Gasteiger partial charge in [-0.15, -0.1) is 0 Å². The summed E-state index contributed by atoms with van der Waals surface area (Å²) in [5.41, 5.74) is 4.89. The quantitative estimate of drug-likeness (QED) is 0.0554. The molecule has 0 heterocycles. The molecule has 0 unspecified atom stereocenters. The van der Waals surface area contributed by atoms with Crippen molar-refractivity contribution in [1.82, 2.24) is 35.6 Å². The number of aliphatic hydroxyl groups is 1. The van der Waals surface area contributed by atoms with Crippen LogP contribution in [-0.4, -0.2) is 203 Å². The third-order valence-electron chi connectivity index (χ3n) is 13.7. The summed E-state index contributed by atoms with van der Waals surface area (Å²) in [5.74, 6) is 1.51. The number of nitrogens with zero attached hydrogens (tertiary/aromatic N) is 4. The Morgan fingerprint density at radius 3 is 1.27 bits per heavy atom. The maximum atomic E-state index is 11.3. The second kappa shape index (κ2) is 45.9. The highest BCUT2D eigenvalue weighted by Gasteiger charge is 2.27. The number of nitrogens with one attached hydrogen (secondary N) is 3. The first-order valence-electron chi connectivity index (χ1n) is 28.9. The topological polar surface area (TPSA) is 226 Å². The number of carbonyl (C=O) groups is 8. The van der Waals surface area contributed by atoms with Gasteiger partial charge in [0.25, 0.3) is 0 Å². The minimum atomic E-state index is -0.941. The van der Waals surface area contributed by atoms with E-state index in [4.69, 9.17) is 10.2 Å². The number of aryl methyl sites for hydroxylation is 1. The van der Waals surface area contributed by atoms with Gasteiger partial charge < -0.3 is 31.1 Å². The Kier molecular flexibility index (Phi) is 45.2. The fourth-order valence-corrected chi connectivity index (χ4v) is 9.33. The Balaban J connectivity index is -0.000000911. The molecule has 1 fully saturated rings. The van der Waals surface area contributed by atoms with E-state index < -0.39 is 12.1 Å². The van der Waals surface area contributed by atoms with Crippen LogP contribution in [0.1, 0.15) is 134 Å². The normalized spacial score (nSPS) is 14.3. The minimum Gasteiger partial charge on any atom is -0.478 e. The zero-order valence-corrected chi connectivity index (χ0v) is 55.0. The summed E-state index contributed by atoms with van der Waals surface area (Å²) in [6, 6.07) is 24.4. The van der Waals surface area contributed by atoms with Crippen LogP contribution in [0.4, 0.5) is 0 Å². The van der Waals surface area contributed by atoms with E-state index in [1.807, 2.05) is 101 Å². The first-order valence-corrected chi connectivity index (χ1v) is 28.9. The molecule has 0 bridgehead atoms. The van der Waals surface area contributed by atoms with Crippen molar-refractivity contribution < 1.29 is 48.6 Å². The van der Waals surface area contributed by atoms with Crippen LogP contribution in [0.3, 0.4) is 0 Å². The van der Waals surface area contributed by atoms with E-state index in [-0.39, 0.29) is 76.5 Å². The van der Waals surface area contributed by atoms with Crippen LogP contribution in [0.25, 0.3) is 0 Å². The number of rotatable bonds is 25. The maximum Gasteiger partial charge on any atom is 0.335 e. The van der Waals surface area contributed by atoms with Gasteiger partial charge in [0.05, 0.1) is 54.5 Å². The number of carboxylic acid groups (broad SMARTS) is 1. The summed E-state index contributed by atoms with van der Waals surface area (Å²) in [5, 5.41) is 26.9. The van der Waals surface area contributed by atoms with Gasteiger partial charge in [-0.25, -0.2) is 4.79 Å². The second-order valence-electron chi connectivity index (χ2n) is 22.9. The largest absolute Gasteiger partial charge is 0.478 e. The summed E-state index contributed by atoms with van der Waals surface area (Å²) in [6.07, 6.45) is 7.57. The molecule has 1 aliphatic carbocycles. The SMILES string of the molecule is CC(=O)CN(C)C.CC(=O)[C@H](CC(C)C)N(C)C.CC(=O)[C@H](Cc1ccccc1)N(C)C.CC(=O)[C@H]([C@@H](C)O)N(C)C.CN[C@@H](Cc1ccc(C(=O)O)cc1)C(C)=O.CN[C@@H](Cc1ccccc1C)C(C)=O.CN[C@H](C(C)=O)C1CCCC1. The molecule has 0 aromatic heterocycles. The number of benzene rings is 3. The van der Waals surface area contributed by atoms with Gasteiger partial charge in [0.2, 0.25) is 0 Å². The van der Waals surface area contributed by atoms with E-state index in [0.29, 0.717) is 30.6 Å². The maximum absolute atomic E-state index is 11.3. The summed E-state index contributed by atoms with van der Waals surface area (Å²) in [4.78, 5) is 95.1. The van der Waals surface area contributed by atoms with Crippen LogP contribution in [0.5, 0.6) is 0 Å². The molecule has 17 heteroatoms. The zero-order valence-electron chi connectivity index (χ0n) is 55.0. The van der Waals surface area contributed by atoms with Crippen molar-refractivity contribution in [3.63, 3.8) is 0 Å². The fraction of sp³-hybridized carbons (Fsp3) is 0.606. The molecular weight excluding hydrogens is 1050 g/mol. The third-order valence-corrected chi connectivity index (χ3v) is 13.7. The highest BCUT2D eigenvalue weighted by atomic mass is 16.4. The number of hydrogen-bond acceptors (Lipinski definition) is 16. The highest BCUT2D eigenvalue weighted by Crippen LogP contribution is 2.28. The lowest BCUT2D eigenvalue weighted by Crippen LogP contribution is -2.42. The molecule has 83 heavy (non-hydrogen) atoms. The molecule has 3 aromatic rings. The van der Waals surface area contributed by atoms with Gasteiger partial charge in [-0.05, 0) is 225 Å². The smallest absolute Gasteiger partial charge is 0.335 e. The van der Waals surface area contributed by atoms with Crippen molar-refractivity contribution in [2.45, 2.75) is 170 Å². The van der Waals surface area contributed by atoms with E-state index in [9.17, 15) is 38.4 Å². The number of aliphatic hydroxyl groups excluding tert-OH is 1.